The molecule has 0 spiro atoms. The fourth-order valence-corrected chi connectivity index (χ4v) is 5.11. The van der Waals surface area contributed by atoms with Gasteiger partial charge >= 0.3 is 12.0 Å². The summed E-state index contributed by atoms with van der Waals surface area (Å²) < 4.78 is 0. The Bertz CT molecular complexity index is 714. The summed E-state index contributed by atoms with van der Waals surface area (Å²) in [5.41, 5.74) is 1.20. The van der Waals surface area contributed by atoms with Crippen LogP contribution in [0.5, 0.6) is 0 Å². The molecule has 0 radical (unpaired) electrons. The first-order valence-corrected chi connectivity index (χ1v) is 10.2. The number of amides is 2. The van der Waals surface area contributed by atoms with Gasteiger partial charge < -0.3 is 20.2 Å². The lowest BCUT2D eigenvalue weighted by atomic mass is 9.81. The van der Waals surface area contributed by atoms with Gasteiger partial charge in [0.2, 0.25) is 0 Å². The molecule has 2 amide bonds. The maximum absolute atomic E-state index is 12.8. The van der Waals surface area contributed by atoms with Crippen molar-refractivity contribution in [1.82, 2.24) is 4.90 Å². The minimum absolute atomic E-state index is 0.0872. The van der Waals surface area contributed by atoms with Crippen LogP contribution in [0.1, 0.15) is 44.9 Å². The van der Waals surface area contributed by atoms with Gasteiger partial charge in [-0.2, -0.15) is 0 Å². The van der Waals surface area contributed by atoms with Gasteiger partial charge in [0, 0.05) is 37.6 Å². The van der Waals surface area contributed by atoms with Crippen molar-refractivity contribution >= 4 is 23.4 Å². The monoisotopic (exact) mass is 371 g/mol. The van der Waals surface area contributed by atoms with Crippen molar-refractivity contribution < 1.29 is 14.7 Å². The maximum atomic E-state index is 12.8. The number of benzene rings is 1. The molecule has 3 aliphatic rings. The number of carbonyl (C=O) groups excluding carboxylic acids is 1. The van der Waals surface area contributed by atoms with E-state index < -0.39 is 11.4 Å². The Morgan fingerprint density at radius 2 is 1.89 bits per heavy atom. The molecule has 4 rings (SSSR count). The number of anilines is 2. The Morgan fingerprint density at radius 1 is 1.11 bits per heavy atom. The summed E-state index contributed by atoms with van der Waals surface area (Å²) in [7, 11) is 0. The average molecular weight is 371 g/mol. The minimum atomic E-state index is -0.747. The summed E-state index contributed by atoms with van der Waals surface area (Å²) in [6, 6.07) is 7.84. The molecule has 1 aromatic carbocycles. The number of hydrogen-bond acceptors (Lipinski definition) is 3. The molecule has 1 aromatic rings. The van der Waals surface area contributed by atoms with Crippen molar-refractivity contribution in [2.45, 2.75) is 44.9 Å². The number of nitrogens with zero attached hydrogens (tertiary/aromatic N) is 2. The van der Waals surface area contributed by atoms with Crippen LogP contribution in [0.4, 0.5) is 16.2 Å². The van der Waals surface area contributed by atoms with E-state index in [1.807, 2.05) is 18.2 Å². The number of fused-ring (bicyclic) bond motifs is 1. The van der Waals surface area contributed by atoms with Gasteiger partial charge in [-0.25, -0.2) is 4.79 Å². The predicted octanol–water partition coefficient (Wildman–Crippen LogP) is 3.79. The Hall–Kier alpha value is -2.24. The van der Waals surface area contributed by atoms with Gasteiger partial charge in [0.15, 0.2) is 0 Å². The third kappa shape index (κ3) is 3.49. The second-order valence-corrected chi connectivity index (χ2v) is 8.31. The molecule has 2 aliphatic heterocycles. The Morgan fingerprint density at radius 3 is 2.59 bits per heavy atom. The molecular weight excluding hydrogens is 342 g/mol. The van der Waals surface area contributed by atoms with Gasteiger partial charge in [-0.1, -0.05) is 25.3 Å². The molecule has 6 nitrogen and oxygen atoms in total. The third-order valence-electron chi connectivity index (χ3n) is 6.65. The standard InChI is InChI=1S/C21H29N3O3/c25-19(26)21-10-6-7-16(21)14-24(15-21)20(27)22-17-8-5-9-18(13-17)23-11-3-1-2-4-12-23/h5,8-9,13,16H,1-4,6-7,10-12,14-15H2,(H,22,27)(H,25,26)/t16-,21+/m0/s1. The molecule has 2 saturated heterocycles. The van der Waals surface area contributed by atoms with E-state index in [1.165, 1.54) is 25.7 Å². The van der Waals surface area contributed by atoms with Crippen LogP contribution in [0.15, 0.2) is 24.3 Å². The van der Waals surface area contributed by atoms with E-state index in [0.29, 0.717) is 19.5 Å². The predicted molar refractivity (Wildman–Crippen MR) is 105 cm³/mol. The Balaban J connectivity index is 1.43. The lowest BCUT2D eigenvalue weighted by Crippen LogP contribution is -2.38. The highest BCUT2D eigenvalue weighted by Gasteiger charge is 2.55. The van der Waals surface area contributed by atoms with Crippen molar-refractivity contribution in [2.75, 3.05) is 36.4 Å². The van der Waals surface area contributed by atoms with Gasteiger partial charge in [-0.15, -0.1) is 0 Å². The van der Waals surface area contributed by atoms with Crippen LogP contribution in [-0.4, -0.2) is 48.2 Å². The highest BCUT2D eigenvalue weighted by Crippen LogP contribution is 2.48. The summed E-state index contributed by atoms with van der Waals surface area (Å²) in [5, 5.41) is 12.7. The normalized spacial score (nSPS) is 27.9. The first-order valence-electron chi connectivity index (χ1n) is 10.2. The van der Waals surface area contributed by atoms with Crippen LogP contribution < -0.4 is 10.2 Å². The highest BCUT2D eigenvalue weighted by molar-refractivity contribution is 5.91. The van der Waals surface area contributed by atoms with Crippen LogP contribution >= 0.6 is 0 Å². The van der Waals surface area contributed by atoms with Crippen LogP contribution in [0.25, 0.3) is 0 Å². The van der Waals surface area contributed by atoms with Crippen molar-refractivity contribution in [3.63, 3.8) is 0 Å². The molecule has 2 N–H and O–H groups in total. The van der Waals surface area contributed by atoms with Gasteiger partial charge in [-0.3, -0.25) is 4.79 Å². The fraction of sp³-hybridized carbons (Fsp3) is 0.619. The molecule has 27 heavy (non-hydrogen) atoms. The number of carboxylic acid groups (broad SMARTS) is 1. The number of rotatable bonds is 3. The van der Waals surface area contributed by atoms with E-state index in [0.717, 1.165) is 37.3 Å². The molecule has 1 aliphatic carbocycles. The molecule has 2 heterocycles. The van der Waals surface area contributed by atoms with E-state index >= 15 is 0 Å². The molecule has 2 atom stereocenters. The number of urea groups is 1. The van der Waals surface area contributed by atoms with Crippen LogP contribution in [0.2, 0.25) is 0 Å². The summed E-state index contributed by atoms with van der Waals surface area (Å²) in [4.78, 5) is 28.7. The molecule has 146 valence electrons. The quantitative estimate of drug-likeness (QED) is 0.848. The van der Waals surface area contributed by atoms with E-state index in [9.17, 15) is 14.7 Å². The van der Waals surface area contributed by atoms with Crippen molar-refractivity contribution in [3.05, 3.63) is 24.3 Å². The van der Waals surface area contributed by atoms with E-state index in [-0.39, 0.29) is 11.9 Å². The average Bonchev–Trinajstić information content (AvgIpc) is 3.10. The molecule has 0 unspecified atom stereocenters. The zero-order valence-corrected chi connectivity index (χ0v) is 15.8. The zero-order valence-electron chi connectivity index (χ0n) is 15.8. The number of carboxylic acids is 1. The Labute approximate surface area is 160 Å². The largest absolute Gasteiger partial charge is 0.481 e. The minimum Gasteiger partial charge on any atom is -0.481 e. The first kappa shape index (κ1) is 18.1. The van der Waals surface area contributed by atoms with Crippen LogP contribution in [0.3, 0.4) is 0 Å². The van der Waals surface area contributed by atoms with Crippen LogP contribution in [-0.2, 0) is 4.79 Å². The fourth-order valence-electron chi connectivity index (χ4n) is 5.11. The van der Waals surface area contributed by atoms with Gasteiger partial charge in [0.25, 0.3) is 0 Å². The first-order chi connectivity index (χ1) is 13.1. The second-order valence-electron chi connectivity index (χ2n) is 8.31. The second kappa shape index (κ2) is 7.41. The topological polar surface area (TPSA) is 72.9 Å². The number of likely N-dealkylation sites (tertiary alicyclic amines) is 1. The van der Waals surface area contributed by atoms with E-state index in [1.54, 1.807) is 4.90 Å². The van der Waals surface area contributed by atoms with Gasteiger partial charge in [-0.05, 0) is 49.8 Å². The number of nitrogens with one attached hydrogen (secondary N) is 1. The maximum Gasteiger partial charge on any atom is 0.321 e. The van der Waals surface area contributed by atoms with E-state index in [2.05, 4.69) is 16.3 Å². The van der Waals surface area contributed by atoms with Crippen molar-refractivity contribution in [2.24, 2.45) is 11.3 Å². The number of aliphatic carboxylic acids is 1. The Kier molecular flexibility index (Phi) is 4.98. The number of hydrogen-bond donors (Lipinski definition) is 2. The summed E-state index contributed by atoms with van der Waals surface area (Å²) in [6.45, 7) is 2.99. The highest BCUT2D eigenvalue weighted by atomic mass is 16.4. The zero-order chi connectivity index (χ0) is 18.9. The van der Waals surface area contributed by atoms with Gasteiger partial charge in [0.1, 0.15) is 0 Å². The molecule has 3 fully saturated rings. The van der Waals surface area contributed by atoms with Crippen molar-refractivity contribution in [1.29, 1.82) is 0 Å². The molecular formula is C21H29N3O3. The van der Waals surface area contributed by atoms with Gasteiger partial charge in [0.05, 0.1) is 5.41 Å². The number of carbonyl (C=O) groups is 2. The molecule has 0 bridgehead atoms. The lowest BCUT2D eigenvalue weighted by Gasteiger charge is -2.24. The van der Waals surface area contributed by atoms with E-state index in [4.69, 9.17) is 0 Å². The smallest absolute Gasteiger partial charge is 0.321 e. The molecule has 6 heteroatoms. The van der Waals surface area contributed by atoms with Crippen LogP contribution in [0, 0.1) is 11.3 Å². The molecule has 1 saturated carbocycles. The summed E-state index contributed by atoms with van der Waals surface area (Å²) >= 11 is 0. The third-order valence-corrected chi connectivity index (χ3v) is 6.65. The molecule has 0 aromatic heterocycles. The summed E-state index contributed by atoms with van der Waals surface area (Å²) in [5.74, 6) is -0.660. The van der Waals surface area contributed by atoms with Crippen molar-refractivity contribution in [3.8, 4) is 0 Å². The lowest BCUT2D eigenvalue weighted by molar-refractivity contribution is -0.149. The SMILES string of the molecule is O=C(Nc1cccc(N2CCCCCC2)c1)N1C[C@@H]2CCC[C@@]2(C(=O)O)C1. The summed E-state index contributed by atoms with van der Waals surface area (Å²) in [6.07, 6.45) is 7.53.